The summed E-state index contributed by atoms with van der Waals surface area (Å²) in [6.07, 6.45) is 0.783. The molecule has 0 rings (SSSR count). The van der Waals surface area contributed by atoms with Crippen molar-refractivity contribution in [3.63, 3.8) is 0 Å². The summed E-state index contributed by atoms with van der Waals surface area (Å²) in [4.78, 5) is 0. The lowest BCUT2D eigenvalue weighted by Crippen LogP contribution is -2.42. The molecule has 0 bridgehead atoms. The van der Waals surface area contributed by atoms with Crippen molar-refractivity contribution in [2.75, 3.05) is 31.9 Å². The fourth-order valence-electron chi connectivity index (χ4n) is 1.23. The van der Waals surface area contributed by atoms with Gasteiger partial charge < -0.3 is 4.74 Å². The highest BCUT2D eigenvalue weighted by atomic mass is 35.5. The van der Waals surface area contributed by atoms with Crippen molar-refractivity contribution in [1.29, 1.82) is 0 Å². The zero-order chi connectivity index (χ0) is 11.9. The standard InChI is InChI=1S/C9H20ClNO3S/c1-4-9(2)11(6-7-14-3)15(12,13)8-5-10/h9H,4-8H2,1-3H3. The van der Waals surface area contributed by atoms with Gasteiger partial charge in [-0.2, -0.15) is 4.31 Å². The fourth-order valence-corrected chi connectivity index (χ4v) is 3.30. The van der Waals surface area contributed by atoms with Crippen LogP contribution >= 0.6 is 11.6 Å². The Bertz CT molecular complexity index is 256. The van der Waals surface area contributed by atoms with Crippen LogP contribution in [-0.4, -0.2) is 50.7 Å². The smallest absolute Gasteiger partial charge is 0.215 e. The molecule has 0 fully saturated rings. The molecule has 0 saturated heterocycles. The van der Waals surface area contributed by atoms with Crippen LogP contribution in [0.5, 0.6) is 0 Å². The average molecular weight is 258 g/mol. The molecule has 92 valence electrons. The van der Waals surface area contributed by atoms with Crippen molar-refractivity contribution in [2.45, 2.75) is 26.3 Å². The monoisotopic (exact) mass is 257 g/mol. The van der Waals surface area contributed by atoms with Crippen molar-refractivity contribution in [2.24, 2.45) is 0 Å². The van der Waals surface area contributed by atoms with Gasteiger partial charge in [0.1, 0.15) is 0 Å². The number of alkyl halides is 1. The van der Waals surface area contributed by atoms with E-state index in [2.05, 4.69) is 0 Å². The Morgan fingerprint density at radius 2 is 2.07 bits per heavy atom. The molecule has 1 unspecified atom stereocenters. The molecule has 0 aliphatic heterocycles. The first-order chi connectivity index (χ1) is 6.99. The van der Waals surface area contributed by atoms with Gasteiger partial charge in [0, 0.05) is 25.6 Å². The largest absolute Gasteiger partial charge is 0.383 e. The Labute approximate surface area is 97.6 Å². The van der Waals surface area contributed by atoms with Gasteiger partial charge in [0.15, 0.2) is 0 Å². The normalized spacial score (nSPS) is 14.5. The van der Waals surface area contributed by atoms with Crippen LogP contribution in [-0.2, 0) is 14.8 Å². The average Bonchev–Trinajstić information content (AvgIpc) is 2.17. The topological polar surface area (TPSA) is 46.6 Å². The van der Waals surface area contributed by atoms with Gasteiger partial charge in [0.25, 0.3) is 0 Å². The summed E-state index contributed by atoms with van der Waals surface area (Å²) in [5.41, 5.74) is 0. The summed E-state index contributed by atoms with van der Waals surface area (Å²) >= 11 is 5.47. The molecule has 4 nitrogen and oxygen atoms in total. The molecule has 0 aromatic carbocycles. The van der Waals surface area contributed by atoms with Crippen molar-refractivity contribution in [3.05, 3.63) is 0 Å². The van der Waals surface area contributed by atoms with Crippen LogP contribution in [0, 0.1) is 0 Å². The molecule has 1 atom stereocenters. The van der Waals surface area contributed by atoms with Crippen molar-refractivity contribution < 1.29 is 13.2 Å². The predicted molar refractivity (Wildman–Crippen MR) is 62.8 cm³/mol. The quantitative estimate of drug-likeness (QED) is 0.616. The van der Waals surface area contributed by atoms with Crippen LogP contribution in [0.1, 0.15) is 20.3 Å². The van der Waals surface area contributed by atoms with E-state index in [9.17, 15) is 8.42 Å². The van der Waals surface area contributed by atoms with Crippen molar-refractivity contribution in [1.82, 2.24) is 4.31 Å². The maximum Gasteiger partial charge on any atom is 0.215 e. The van der Waals surface area contributed by atoms with Crippen LogP contribution in [0.3, 0.4) is 0 Å². The molecule has 0 amide bonds. The highest BCUT2D eigenvalue weighted by Gasteiger charge is 2.25. The molecular weight excluding hydrogens is 238 g/mol. The zero-order valence-electron chi connectivity index (χ0n) is 9.57. The molecule has 6 heteroatoms. The molecule has 15 heavy (non-hydrogen) atoms. The van der Waals surface area contributed by atoms with Gasteiger partial charge in [-0.05, 0) is 13.3 Å². The summed E-state index contributed by atoms with van der Waals surface area (Å²) in [7, 11) is -1.68. The van der Waals surface area contributed by atoms with Gasteiger partial charge >= 0.3 is 0 Å². The van der Waals surface area contributed by atoms with Gasteiger partial charge in [0.2, 0.25) is 10.0 Å². The van der Waals surface area contributed by atoms with Gasteiger partial charge in [-0.15, -0.1) is 11.6 Å². The molecular formula is C9H20ClNO3S. The third kappa shape index (κ3) is 5.15. The number of halogens is 1. The van der Waals surface area contributed by atoms with E-state index in [1.165, 1.54) is 4.31 Å². The van der Waals surface area contributed by atoms with Crippen molar-refractivity contribution in [3.8, 4) is 0 Å². The Kier molecular flexibility index (Phi) is 7.52. The van der Waals surface area contributed by atoms with E-state index in [4.69, 9.17) is 16.3 Å². The van der Waals surface area contributed by atoms with Gasteiger partial charge in [-0.3, -0.25) is 0 Å². The Balaban J connectivity index is 4.61. The number of hydrogen-bond donors (Lipinski definition) is 0. The van der Waals surface area contributed by atoms with Crippen LogP contribution in [0.15, 0.2) is 0 Å². The van der Waals surface area contributed by atoms with Gasteiger partial charge in [-0.1, -0.05) is 6.92 Å². The summed E-state index contributed by atoms with van der Waals surface area (Å²) in [6, 6.07) is -0.00614. The molecule has 0 heterocycles. The lowest BCUT2D eigenvalue weighted by molar-refractivity contribution is 0.167. The summed E-state index contributed by atoms with van der Waals surface area (Å²) < 4.78 is 30.0. The first kappa shape index (κ1) is 15.2. The Hall–Kier alpha value is 0.160. The van der Waals surface area contributed by atoms with Gasteiger partial charge in [0.05, 0.1) is 12.4 Å². The van der Waals surface area contributed by atoms with Crippen molar-refractivity contribution >= 4 is 21.6 Å². The second-order valence-corrected chi connectivity index (χ2v) is 5.78. The van der Waals surface area contributed by atoms with E-state index in [1.807, 2.05) is 13.8 Å². The third-order valence-corrected chi connectivity index (χ3v) is 4.68. The summed E-state index contributed by atoms with van der Waals surface area (Å²) in [6.45, 7) is 4.65. The van der Waals surface area contributed by atoms with E-state index in [0.29, 0.717) is 13.2 Å². The maximum atomic E-state index is 11.8. The number of hydrogen-bond acceptors (Lipinski definition) is 3. The molecule has 0 spiro atoms. The van der Waals surface area contributed by atoms with Gasteiger partial charge in [-0.25, -0.2) is 8.42 Å². The molecule has 0 radical (unpaired) electrons. The minimum atomic E-state index is -3.23. The number of sulfonamides is 1. The van der Waals surface area contributed by atoms with E-state index in [0.717, 1.165) is 6.42 Å². The minimum Gasteiger partial charge on any atom is -0.383 e. The van der Waals surface area contributed by atoms with Crippen LogP contribution in [0.4, 0.5) is 0 Å². The lowest BCUT2D eigenvalue weighted by Gasteiger charge is -2.27. The zero-order valence-corrected chi connectivity index (χ0v) is 11.1. The molecule has 0 aliphatic carbocycles. The first-order valence-corrected chi connectivity index (χ1v) is 7.18. The van der Waals surface area contributed by atoms with Crippen LogP contribution in [0.25, 0.3) is 0 Å². The van der Waals surface area contributed by atoms with Crippen LogP contribution in [0.2, 0.25) is 0 Å². The van der Waals surface area contributed by atoms with Crippen LogP contribution < -0.4 is 0 Å². The van der Waals surface area contributed by atoms with E-state index >= 15 is 0 Å². The number of methoxy groups -OCH3 is 1. The van der Waals surface area contributed by atoms with E-state index in [1.54, 1.807) is 7.11 Å². The number of nitrogens with zero attached hydrogens (tertiary/aromatic N) is 1. The SMILES string of the molecule is CCC(C)N(CCOC)S(=O)(=O)CCCl. The second kappa shape index (κ2) is 7.44. The molecule has 0 saturated carbocycles. The fraction of sp³-hybridized carbons (Fsp3) is 1.00. The Morgan fingerprint density at radius 3 is 2.47 bits per heavy atom. The lowest BCUT2D eigenvalue weighted by atomic mass is 10.3. The molecule has 0 aromatic heterocycles. The third-order valence-electron chi connectivity index (χ3n) is 2.29. The second-order valence-electron chi connectivity index (χ2n) is 3.37. The molecule has 0 aromatic rings. The maximum absolute atomic E-state index is 11.8. The molecule has 0 aliphatic rings. The number of ether oxygens (including phenoxy) is 1. The minimum absolute atomic E-state index is 0.00614. The predicted octanol–water partition coefficient (Wildman–Crippen LogP) is 1.30. The summed E-state index contributed by atoms with van der Waals surface area (Å²) in [5, 5.41) is 0. The van der Waals surface area contributed by atoms with E-state index < -0.39 is 10.0 Å². The first-order valence-electron chi connectivity index (χ1n) is 5.04. The Morgan fingerprint density at radius 1 is 1.47 bits per heavy atom. The highest BCUT2D eigenvalue weighted by molar-refractivity contribution is 7.89. The number of rotatable bonds is 8. The van der Waals surface area contributed by atoms with E-state index in [-0.39, 0.29) is 17.7 Å². The molecule has 0 N–H and O–H groups in total. The summed E-state index contributed by atoms with van der Waals surface area (Å²) in [5.74, 6) is 0.116. The highest BCUT2D eigenvalue weighted by Crippen LogP contribution is 2.10.